The Hall–Kier alpha value is -1.47. The topological polar surface area (TPSA) is 41.9 Å². The Labute approximate surface area is 114 Å². The molecule has 1 heterocycles. The molecule has 1 atom stereocenters. The smallest absolute Gasteiger partial charge is 0.401 e. The number of nitrogens with zero attached hydrogens (tertiary/aromatic N) is 1. The Morgan fingerprint density at radius 1 is 1.25 bits per heavy atom. The summed E-state index contributed by atoms with van der Waals surface area (Å²) in [4.78, 5) is 1.03. The van der Waals surface area contributed by atoms with E-state index in [1.54, 1.807) is 18.2 Å². The van der Waals surface area contributed by atoms with Crippen molar-refractivity contribution in [1.82, 2.24) is 4.90 Å². The Balaban J connectivity index is 2.00. The first-order valence-corrected chi connectivity index (χ1v) is 6.18. The summed E-state index contributed by atoms with van der Waals surface area (Å²) < 4.78 is 47.4. The van der Waals surface area contributed by atoms with Crippen molar-refractivity contribution >= 4 is 0 Å². The molecular weight excluding hydrogens is 275 g/mol. The molecule has 0 aromatic heterocycles. The molecule has 0 aliphatic carbocycles. The van der Waals surface area contributed by atoms with Gasteiger partial charge in [0.1, 0.15) is 13.2 Å². The minimum absolute atomic E-state index is 0.112. The van der Waals surface area contributed by atoms with Crippen LogP contribution in [0.4, 0.5) is 13.2 Å². The van der Waals surface area contributed by atoms with Gasteiger partial charge in [-0.05, 0) is 24.7 Å². The molecule has 1 aliphatic heterocycles. The summed E-state index contributed by atoms with van der Waals surface area (Å²) >= 11 is 0. The summed E-state index contributed by atoms with van der Waals surface area (Å²) in [5.74, 6) is 1.09. The van der Waals surface area contributed by atoms with Crippen LogP contribution in [0.15, 0.2) is 18.2 Å². The summed E-state index contributed by atoms with van der Waals surface area (Å²) in [6.45, 7) is -0.294. The van der Waals surface area contributed by atoms with Gasteiger partial charge < -0.3 is 14.6 Å². The average Bonchev–Trinajstić information content (AvgIpc) is 2.35. The molecule has 0 amide bonds. The van der Waals surface area contributed by atoms with E-state index in [0.29, 0.717) is 30.3 Å². The van der Waals surface area contributed by atoms with Crippen molar-refractivity contribution in [3.05, 3.63) is 23.8 Å². The molecule has 2 rings (SSSR count). The molecular formula is C13H16F3NO3. The predicted octanol–water partition coefficient (Wildman–Crippen LogP) is 1.99. The normalized spacial score (nSPS) is 16.3. The van der Waals surface area contributed by atoms with Gasteiger partial charge in [0.15, 0.2) is 11.5 Å². The van der Waals surface area contributed by atoms with Gasteiger partial charge in [-0.15, -0.1) is 0 Å². The molecule has 1 aliphatic rings. The molecule has 1 N–H and O–H groups in total. The van der Waals surface area contributed by atoms with Gasteiger partial charge in [-0.1, -0.05) is 6.07 Å². The molecule has 0 bridgehead atoms. The number of fused-ring (bicyclic) bond motifs is 1. The number of aliphatic hydroxyl groups is 1. The van der Waals surface area contributed by atoms with Crippen LogP contribution in [0, 0.1) is 0 Å². The van der Waals surface area contributed by atoms with Crippen molar-refractivity contribution in [3.63, 3.8) is 0 Å². The van der Waals surface area contributed by atoms with Crippen LogP contribution in [-0.2, 0) is 0 Å². The van der Waals surface area contributed by atoms with Gasteiger partial charge in [0, 0.05) is 6.54 Å². The van der Waals surface area contributed by atoms with E-state index in [0.717, 1.165) is 4.90 Å². The van der Waals surface area contributed by atoms with Crippen molar-refractivity contribution in [2.24, 2.45) is 0 Å². The fraction of sp³-hybridized carbons (Fsp3) is 0.538. The van der Waals surface area contributed by atoms with Crippen LogP contribution >= 0.6 is 0 Å². The van der Waals surface area contributed by atoms with Gasteiger partial charge in [-0.3, -0.25) is 4.90 Å². The van der Waals surface area contributed by atoms with E-state index < -0.39 is 18.8 Å². The fourth-order valence-electron chi connectivity index (χ4n) is 2.04. The third-order valence-electron chi connectivity index (χ3n) is 2.88. The van der Waals surface area contributed by atoms with Crippen LogP contribution in [0.1, 0.15) is 11.7 Å². The van der Waals surface area contributed by atoms with E-state index in [9.17, 15) is 18.3 Å². The molecule has 7 heteroatoms. The van der Waals surface area contributed by atoms with Crippen LogP contribution in [0.2, 0.25) is 0 Å². The number of likely N-dealkylation sites (N-methyl/N-ethyl adjacent to an activating group) is 1. The first kappa shape index (κ1) is 14.9. The predicted molar refractivity (Wildman–Crippen MR) is 65.9 cm³/mol. The van der Waals surface area contributed by atoms with E-state index in [1.165, 1.54) is 7.05 Å². The fourth-order valence-corrected chi connectivity index (χ4v) is 2.04. The lowest BCUT2D eigenvalue weighted by atomic mass is 10.1. The molecule has 1 unspecified atom stereocenters. The standard InChI is InChI=1S/C13H16F3NO3/c1-17(8-13(14,15)16)7-10(18)9-2-3-11-12(6-9)20-5-4-19-11/h2-3,6,10,18H,4-5,7-8H2,1H3. The third-order valence-corrected chi connectivity index (χ3v) is 2.88. The number of benzene rings is 1. The van der Waals surface area contributed by atoms with Gasteiger partial charge in [0.2, 0.25) is 0 Å². The number of halogens is 3. The summed E-state index contributed by atoms with van der Waals surface area (Å²) in [7, 11) is 1.31. The molecule has 1 aromatic carbocycles. The van der Waals surface area contributed by atoms with Crippen LogP contribution in [-0.4, -0.2) is 49.5 Å². The number of aliphatic hydroxyl groups excluding tert-OH is 1. The van der Waals surface area contributed by atoms with Crippen molar-refractivity contribution in [2.75, 3.05) is 33.4 Å². The van der Waals surface area contributed by atoms with E-state index >= 15 is 0 Å². The Bertz CT molecular complexity index is 465. The Kier molecular flexibility index (Phi) is 4.39. The summed E-state index contributed by atoms with van der Waals surface area (Å²) in [5, 5.41) is 9.98. The zero-order chi connectivity index (χ0) is 14.8. The number of ether oxygens (including phenoxy) is 2. The lowest BCUT2D eigenvalue weighted by Gasteiger charge is -2.23. The summed E-state index contributed by atoms with van der Waals surface area (Å²) in [6.07, 6.45) is -5.29. The molecule has 0 spiro atoms. The van der Waals surface area contributed by atoms with Gasteiger partial charge in [-0.25, -0.2) is 0 Å². The van der Waals surface area contributed by atoms with Crippen LogP contribution in [0.5, 0.6) is 11.5 Å². The number of hydrogen-bond acceptors (Lipinski definition) is 4. The molecule has 0 saturated heterocycles. The maximum absolute atomic E-state index is 12.2. The van der Waals surface area contributed by atoms with Crippen molar-refractivity contribution in [3.8, 4) is 11.5 Å². The highest BCUT2D eigenvalue weighted by Crippen LogP contribution is 2.32. The summed E-state index contributed by atoms with van der Waals surface area (Å²) in [5.41, 5.74) is 0.503. The second-order valence-corrected chi connectivity index (χ2v) is 4.73. The molecule has 4 nitrogen and oxygen atoms in total. The Morgan fingerprint density at radius 2 is 1.90 bits per heavy atom. The monoisotopic (exact) mass is 291 g/mol. The largest absolute Gasteiger partial charge is 0.486 e. The third kappa shape index (κ3) is 4.01. The molecule has 0 radical (unpaired) electrons. The molecule has 20 heavy (non-hydrogen) atoms. The van der Waals surface area contributed by atoms with E-state index in [1.807, 2.05) is 0 Å². The highest BCUT2D eigenvalue weighted by atomic mass is 19.4. The SMILES string of the molecule is CN(CC(O)c1ccc2c(c1)OCCO2)CC(F)(F)F. The Morgan fingerprint density at radius 3 is 2.55 bits per heavy atom. The van der Waals surface area contributed by atoms with Crippen LogP contribution in [0.3, 0.4) is 0 Å². The lowest BCUT2D eigenvalue weighted by molar-refractivity contribution is -0.145. The number of alkyl halides is 3. The molecule has 0 saturated carbocycles. The zero-order valence-electron chi connectivity index (χ0n) is 11.0. The first-order chi connectivity index (χ1) is 9.35. The summed E-state index contributed by atoms with van der Waals surface area (Å²) in [6, 6.07) is 4.87. The maximum atomic E-state index is 12.2. The number of rotatable bonds is 4. The van der Waals surface area contributed by atoms with Crippen molar-refractivity contribution in [1.29, 1.82) is 0 Å². The maximum Gasteiger partial charge on any atom is 0.401 e. The molecule has 112 valence electrons. The quantitative estimate of drug-likeness (QED) is 0.921. The minimum atomic E-state index is -4.28. The van der Waals surface area contributed by atoms with Crippen LogP contribution < -0.4 is 9.47 Å². The van der Waals surface area contributed by atoms with Gasteiger partial charge >= 0.3 is 6.18 Å². The molecule has 0 fully saturated rings. The highest BCUT2D eigenvalue weighted by molar-refractivity contribution is 5.44. The highest BCUT2D eigenvalue weighted by Gasteiger charge is 2.30. The van der Waals surface area contributed by atoms with Gasteiger partial charge in [0.25, 0.3) is 0 Å². The van der Waals surface area contributed by atoms with Crippen molar-refractivity contribution < 1.29 is 27.8 Å². The van der Waals surface area contributed by atoms with E-state index in [-0.39, 0.29) is 6.54 Å². The van der Waals surface area contributed by atoms with Crippen LogP contribution in [0.25, 0.3) is 0 Å². The van der Waals surface area contributed by atoms with E-state index in [2.05, 4.69) is 0 Å². The average molecular weight is 291 g/mol. The second-order valence-electron chi connectivity index (χ2n) is 4.73. The number of hydrogen-bond donors (Lipinski definition) is 1. The lowest BCUT2D eigenvalue weighted by Crippen LogP contribution is -2.34. The van der Waals surface area contributed by atoms with Gasteiger partial charge in [0.05, 0.1) is 12.6 Å². The zero-order valence-corrected chi connectivity index (χ0v) is 11.0. The second kappa shape index (κ2) is 5.88. The van der Waals surface area contributed by atoms with Gasteiger partial charge in [-0.2, -0.15) is 13.2 Å². The molecule has 1 aromatic rings. The first-order valence-electron chi connectivity index (χ1n) is 6.18. The van der Waals surface area contributed by atoms with Crippen molar-refractivity contribution in [2.45, 2.75) is 12.3 Å². The minimum Gasteiger partial charge on any atom is -0.486 e. The van der Waals surface area contributed by atoms with E-state index in [4.69, 9.17) is 9.47 Å².